The van der Waals surface area contributed by atoms with Crippen LogP contribution in [0.1, 0.15) is 23.1 Å². The fourth-order valence-electron chi connectivity index (χ4n) is 3.99. The van der Waals surface area contributed by atoms with Crippen molar-refractivity contribution in [1.29, 1.82) is 5.26 Å². The molecule has 0 fully saturated rings. The van der Waals surface area contributed by atoms with Crippen molar-refractivity contribution in [2.75, 3.05) is 11.4 Å². The summed E-state index contributed by atoms with van der Waals surface area (Å²) >= 11 is 3.69. The van der Waals surface area contributed by atoms with E-state index in [1.165, 1.54) is 5.56 Å². The predicted molar refractivity (Wildman–Crippen MR) is 119 cm³/mol. The normalized spacial score (nSPS) is 15.2. The van der Waals surface area contributed by atoms with E-state index in [-0.39, 0.29) is 0 Å². The number of nitriles is 1. The number of rotatable bonds is 5. The number of hydrogen-bond donors (Lipinski definition) is 0. The molecule has 0 N–H and O–H groups in total. The van der Waals surface area contributed by atoms with Crippen molar-refractivity contribution < 1.29 is 0 Å². The molecule has 2 nitrogen and oxygen atoms in total. The van der Waals surface area contributed by atoms with Crippen molar-refractivity contribution >= 4 is 27.7 Å². The van der Waals surface area contributed by atoms with E-state index in [0.29, 0.717) is 6.42 Å². The van der Waals surface area contributed by atoms with E-state index in [1.807, 2.05) is 36.4 Å². The summed E-state index contributed by atoms with van der Waals surface area (Å²) in [5, 5.41) is 10.5. The number of benzene rings is 3. The van der Waals surface area contributed by atoms with E-state index >= 15 is 0 Å². The van der Waals surface area contributed by atoms with Gasteiger partial charge in [-0.2, -0.15) is 5.26 Å². The molecule has 4 rings (SSSR count). The third-order valence-corrected chi connectivity index (χ3v) is 6.07. The Kier molecular flexibility index (Phi) is 5.32. The second-order valence-corrected chi connectivity index (χ2v) is 7.85. The van der Waals surface area contributed by atoms with E-state index in [4.69, 9.17) is 0 Å². The smallest absolute Gasteiger partial charge is 0.158 e. The Balaban J connectivity index is 1.79. The second kappa shape index (κ2) is 8.04. The summed E-state index contributed by atoms with van der Waals surface area (Å²) in [6.07, 6.45) is 5.80. The van der Waals surface area contributed by atoms with Crippen LogP contribution in [0.2, 0.25) is 0 Å². The molecule has 28 heavy (non-hydrogen) atoms. The molecule has 1 aliphatic rings. The maximum absolute atomic E-state index is 10.5. The van der Waals surface area contributed by atoms with Gasteiger partial charge in [0.1, 0.15) is 0 Å². The highest BCUT2D eigenvalue weighted by Crippen LogP contribution is 2.43. The van der Waals surface area contributed by atoms with Gasteiger partial charge in [-0.3, -0.25) is 0 Å². The molecule has 0 bridgehead atoms. The minimum Gasteiger partial charge on any atom is -0.349 e. The van der Waals surface area contributed by atoms with Gasteiger partial charge in [0, 0.05) is 28.7 Å². The topological polar surface area (TPSA) is 27.0 Å². The van der Waals surface area contributed by atoms with Gasteiger partial charge in [-0.15, -0.1) is 0 Å². The first-order valence-corrected chi connectivity index (χ1v) is 10.3. The highest BCUT2D eigenvalue weighted by molar-refractivity contribution is 9.10. The molecule has 0 aromatic heterocycles. The summed E-state index contributed by atoms with van der Waals surface area (Å²) in [4.78, 5) is 2.28. The molecule has 0 radical (unpaired) electrons. The molecule has 3 heteroatoms. The largest absolute Gasteiger partial charge is 0.349 e. The van der Waals surface area contributed by atoms with Gasteiger partial charge in [0.25, 0.3) is 0 Å². The predicted octanol–water partition coefficient (Wildman–Crippen LogP) is 6.33. The Morgan fingerprint density at radius 3 is 2.46 bits per heavy atom. The summed E-state index contributed by atoms with van der Waals surface area (Å²) in [5.41, 5.74) is 3.85. The van der Waals surface area contributed by atoms with Crippen molar-refractivity contribution in [1.82, 2.24) is 0 Å². The van der Waals surface area contributed by atoms with Crippen molar-refractivity contribution in [2.24, 2.45) is 0 Å². The molecule has 0 spiro atoms. The molecule has 1 heterocycles. The monoisotopic (exact) mass is 428 g/mol. The minimum absolute atomic E-state index is 0.606. The number of hydrogen-bond acceptors (Lipinski definition) is 2. The van der Waals surface area contributed by atoms with E-state index in [0.717, 1.165) is 34.3 Å². The Morgan fingerprint density at radius 2 is 1.68 bits per heavy atom. The van der Waals surface area contributed by atoms with Crippen LogP contribution in [0, 0.1) is 11.3 Å². The van der Waals surface area contributed by atoms with E-state index in [1.54, 1.807) is 0 Å². The summed E-state index contributed by atoms with van der Waals surface area (Å²) in [5.74, 6) is 0. The Labute approximate surface area is 174 Å². The first-order valence-electron chi connectivity index (χ1n) is 9.48. The zero-order valence-electron chi connectivity index (χ0n) is 15.6. The van der Waals surface area contributed by atoms with Crippen LogP contribution in [-0.4, -0.2) is 6.54 Å². The lowest BCUT2D eigenvalue weighted by molar-refractivity contribution is 0.522. The van der Waals surface area contributed by atoms with E-state index in [2.05, 4.69) is 81.5 Å². The summed E-state index contributed by atoms with van der Waals surface area (Å²) in [7, 11) is 0. The lowest BCUT2D eigenvalue weighted by atomic mass is 9.85. The van der Waals surface area contributed by atoms with Gasteiger partial charge in [0.05, 0.1) is 6.07 Å². The third-order valence-electron chi connectivity index (χ3n) is 5.38. The van der Waals surface area contributed by atoms with Gasteiger partial charge < -0.3 is 4.90 Å². The lowest BCUT2D eigenvalue weighted by Gasteiger charge is -2.38. The quantitative estimate of drug-likeness (QED) is 0.474. The molecule has 3 aromatic rings. The molecule has 3 aromatic carbocycles. The van der Waals surface area contributed by atoms with Gasteiger partial charge in [-0.25, -0.2) is 0 Å². The van der Waals surface area contributed by atoms with Gasteiger partial charge in [-0.1, -0.05) is 94.8 Å². The van der Waals surface area contributed by atoms with Crippen LogP contribution in [0.15, 0.2) is 89.4 Å². The Bertz CT molecular complexity index is 1040. The highest BCUT2D eigenvalue weighted by Gasteiger charge is 2.42. The number of para-hydroxylation sites is 1. The van der Waals surface area contributed by atoms with Crippen molar-refractivity contribution in [2.45, 2.75) is 18.4 Å². The van der Waals surface area contributed by atoms with Crippen LogP contribution in [0.5, 0.6) is 0 Å². The summed E-state index contributed by atoms with van der Waals surface area (Å²) < 4.78 is 0.967. The summed E-state index contributed by atoms with van der Waals surface area (Å²) in [6, 6.07) is 29.4. The number of halogens is 1. The van der Waals surface area contributed by atoms with Crippen molar-refractivity contribution in [3.8, 4) is 6.07 Å². The molecule has 1 aliphatic heterocycles. The fourth-order valence-corrected chi connectivity index (χ4v) is 4.61. The van der Waals surface area contributed by atoms with Crippen molar-refractivity contribution in [3.05, 3.63) is 106 Å². The molecule has 0 aliphatic carbocycles. The lowest BCUT2D eigenvalue weighted by Crippen LogP contribution is -2.44. The van der Waals surface area contributed by atoms with Crippen LogP contribution >= 0.6 is 15.9 Å². The number of anilines is 1. The number of fused-ring (bicyclic) bond motifs is 1. The van der Waals surface area contributed by atoms with E-state index < -0.39 is 5.54 Å². The Morgan fingerprint density at radius 1 is 0.964 bits per heavy atom. The SMILES string of the molecule is N#C[C@@](C/C=C/c1ccccc1)(c1ccccc1Br)N1CCc2ccccc21. The molecular weight excluding hydrogens is 408 g/mol. The van der Waals surface area contributed by atoms with Crippen LogP contribution in [0.4, 0.5) is 5.69 Å². The summed E-state index contributed by atoms with van der Waals surface area (Å²) in [6.45, 7) is 0.841. The van der Waals surface area contributed by atoms with Gasteiger partial charge in [-0.05, 0) is 29.7 Å². The minimum atomic E-state index is -0.766. The maximum Gasteiger partial charge on any atom is 0.158 e. The first kappa shape index (κ1) is 18.5. The molecule has 0 saturated heterocycles. The molecule has 0 amide bonds. The molecule has 0 saturated carbocycles. The van der Waals surface area contributed by atoms with Crippen LogP contribution in [-0.2, 0) is 12.0 Å². The molecule has 1 atom stereocenters. The van der Waals surface area contributed by atoms with Crippen molar-refractivity contribution in [3.63, 3.8) is 0 Å². The third kappa shape index (κ3) is 3.37. The standard InChI is InChI=1S/C25H21BrN2/c26-23-14-6-5-13-22(23)25(19-27,17-8-11-20-9-2-1-3-10-20)28-18-16-21-12-4-7-15-24(21)28/h1-15H,16-18H2/b11-8+/t25-/m0/s1. The molecule has 0 unspecified atom stereocenters. The van der Waals surface area contributed by atoms with Crippen LogP contribution < -0.4 is 4.90 Å². The zero-order valence-corrected chi connectivity index (χ0v) is 17.1. The zero-order chi connectivity index (χ0) is 19.4. The maximum atomic E-state index is 10.5. The first-order chi connectivity index (χ1) is 13.7. The highest BCUT2D eigenvalue weighted by atomic mass is 79.9. The molecular formula is C25H21BrN2. The average Bonchev–Trinajstić information content (AvgIpc) is 3.18. The average molecular weight is 429 g/mol. The fraction of sp³-hybridized carbons (Fsp3) is 0.160. The van der Waals surface area contributed by atoms with Crippen LogP contribution in [0.25, 0.3) is 6.08 Å². The van der Waals surface area contributed by atoms with Gasteiger partial charge in [0.15, 0.2) is 5.54 Å². The van der Waals surface area contributed by atoms with Gasteiger partial charge in [0.2, 0.25) is 0 Å². The Hall–Kier alpha value is -2.83. The van der Waals surface area contributed by atoms with Gasteiger partial charge >= 0.3 is 0 Å². The van der Waals surface area contributed by atoms with E-state index in [9.17, 15) is 5.26 Å². The molecule has 138 valence electrons. The van der Waals surface area contributed by atoms with Crippen LogP contribution in [0.3, 0.4) is 0 Å². The second-order valence-electron chi connectivity index (χ2n) is 7.00. The number of nitrogens with zero attached hydrogens (tertiary/aromatic N) is 2.